The summed E-state index contributed by atoms with van der Waals surface area (Å²) in [7, 11) is 3.04. The van der Waals surface area contributed by atoms with Crippen LogP contribution in [0.2, 0.25) is 0 Å². The van der Waals surface area contributed by atoms with E-state index >= 15 is 0 Å². The van der Waals surface area contributed by atoms with Crippen LogP contribution in [-0.4, -0.2) is 25.1 Å². The van der Waals surface area contributed by atoms with Gasteiger partial charge >= 0.3 is 5.97 Å². The summed E-state index contributed by atoms with van der Waals surface area (Å²) in [6.07, 6.45) is 0. The third kappa shape index (κ3) is 4.43. The Morgan fingerprint density at radius 1 is 1.09 bits per heavy atom. The number of nitriles is 1. The van der Waals surface area contributed by atoms with E-state index in [4.69, 9.17) is 24.7 Å². The average Bonchev–Trinajstić information content (AvgIpc) is 2.87. The Balaban J connectivity index is 1.69. The van der Waals surface area contributed by atoms with Gasteiger partial charge in [-0.1, -0.05) is 18.2 Å². The van der Waals surface area contributed by atoms with E-state index < -0.39 is 16.8 Å². The number of methoxy groups -OCH3 is 2. The molecule has 0 saturated carbocycles. The first kappa shape index (κ1) is 23.1. The first-order chi connectivity index (χ1) is 16.9. The second kappa shape index (κ2) is 9.44. The third-order valence-electron chi connectivity index (χ3n) is 5.43. The fourth-order valence-corrected chi connectivity index (χ4v) is 3.79. The zero-order valence-corrected chi connectivity index (χ0v) is 18.7. The van der Waals surface area contributed by atoms with E-state index in [2.05, 4.69) is 6.07 Å². The van der Waals surface area contributed by atoms with Gasteiger partial charge in [0, 0.05) is 23.8 Å². The van der Waals surface area contributed by atoms with E-state index in [0.29, 0.717) is 28.4 Å². The van der Waals surface area contributed by atoms with Crippen LogP contribution in [0.1, 0.15) is 27.4 Å². The number of fused-ring (bicyclic) bond motifs is 1. The summed E-state index contributed by atoms with van der Waals surface area (Å²) >= 11 is 0. The van der Waals surface area contributed by atoms with Crippen LogP contribution in [0.4, 0.5) is 5.69 Å². The number of nitro groups is 1. The van der Waals surface area contributed by atoms with Crippen molar-refractivity contribution in [3.8, 4) is 29.1 Å². The highest BCUT2D eigenvalue weighted by Crippen LogP contribution is 2.45. The minimum Gasteiger partial charge on any atom is -0.493 e. The Morgan fingerprint density at radius 2 is 1.86 bits per heavy atom. The molecule has 0 bridgehead atoms. The predicted molar refractivity (Wildman–Crippen MR) is 123 cm³/mol. The van der Waals surface area contributed by atoms with Crippen LogP contribution in [0, 0.1) is 21.4 Å². The number of non-ortho nitro benzene ring substituents is 1. The Kier molecular flexibility index (Phi) is 6.24. The predicted octanol–water partition coefficient (Wildman–Crippen LogP) is 4.05. The first-order valence-corrected chi connectivity index (χ1v) is 10.3. The summed E-state index contributed by atoms with van der Waals surface area (Å²) < 4.78 is 21.8. The van der Waals surface area contributed by atoms with Crippen molar-refractivity contribution >= 4 is 11.7 Å². The number of ether oxygens (including phenoxy) is 4. The number of nitrogens with two attached hydrogens (primary N) is 1. The maximum Gasteiger partial charge on any atom is 0.343 e. The van der Waals surface area contributed by atoms with Gasteiger partial charge in [-0.05, 0) is 29.8 Å². The minimum absolute atomic E-state index is 0.0206. The molecular weight excluding hydrogens is 454 g/mol. The molecule has 0 aromatic heterocycles. The van der Waals surface area contributed by atoms with Gasteiger partial charge in [0.15, 0.2) is 11.5 Å². The Bertz CT molecular complexity index is 1410. The summed E-state index contributed by atoms with van der Waals surface area (Å²) in [4.78, 5) is 22.9. The van der Waals surface area contributed by atoms with Gasteiger partial charge in [0.2, 0.25) is 5.88 Å². The van der Waals surface area contributed by atoms with Crippen LogP contribution in [0.15, 0.2) is 72.1 Å². The number of nitro benzene ring substituents is 1. The smallest absolute Gasteiger partial charge is 0.343 e. The SMILES string of the molecule is COc1ccc(C2C(C#N)=C(N)Oc3cc(OC(=O)c4cccc([N+](=O)[O-])c4)ccc32)cc1OC. The second-order valence-corrected chi connectivity index (χ2v) is 7.44. The fraction of sp³-hybridized carbons (Fsp3) is 0.120. The number of allylic oxidation sites excluding steroid dienone is 1. The normalized spacial score (nSPS) is 14.3. The number of esters is 1. The second-order valence-electron chi connectivity index (χ2n) is 7.44. The molecule has 0 aliphatic carbocycles. The number of hydrogen-bond donors (Lipinski definition) is 1. The van der Waals surface area contributed by atoms with Gasteiger partial charge in [0.25, 0.3) is 5.69 Å². The molecule has 1 aliphatic heterocycles. The zero-order valence-electron chi connectivity index (χ0n) is 18.7. The van der Waals surface area contributed by atoms with E-state index in [-0.39, 0.29) is 28.5 Å². The van der Waals surface area contributed by atoms with Gasteiger partial charge < -0.3 is 24.7 Å². The molecule has 0 saturated heterocycles. The molecule has 176 valence electrons. The van der Waals surface area contributed by atoms with Crippen molar-refractivity contribution in [3.05, 3.63) is 98.9 Å². The summed E-state index contributed by atoms with van der Waals surface area (Å²) in [6.45, 7) is 0. The molecule has 4 rings (SSSR count). The lowest BCUT2D eigenvalue weighted by Crippen LogP contribution is -2.21. The lowest BCUT2D eigenvalue weighted by molar-refractivity contribution is -0.384. The zero-order chi connectivity index (χ0) is 25.1. The number of nitrogens with zero attached hydrogens (tertiary/aromatic N) is 2. The van der Waals surface area contributed by atoms with Crippen molar-refractivity contribution in [2.45, 2.75) is 5.92 Å². The standard InChI is InChI=1S/C25H19N3O7/c1-32-20-9-6-14(11-22(20)33-2)23-18-8-7-17(12-21(18)35-24(27)19(23)13-26)34-25(29)15-4-3-5-16(10-15)28(30)31/h3-12,23H,27H2,1-2H3. The van der Waals surface area contributed by atoms with Crippen molar-refractivity contribution in [3.63, 3.8) is 0 Å². The van der Waals surface area contributed by atoms with Gasteiger partial charge in [0.05, 0.1) is 30.6 Å². The van der Waals surface area contributed by atoms with Crippen LogP contribution in [0.25, 0.3) is 0 Å². The molecule has 10 nitrogen and oxygen atoms in total. The van der Waals surface area contributed by atoms with Crippen molar-refractivity contribution in [2.24, 2.45) is 5.73 Å². The average molecular weight is 473 g/mol. The topological polar surface area (TPSA) is 147 Å². The van der Waals surface area contributed by atoms with Crippen molar-refractivity contribution < 1.29 is 28.7 Å². The maximum absolute atomic E-state index is 12.5. The molecule has 35 heavy (non-hydrogen) atoms. The number of benzene rings is 3. The van der Waals surface area contributed by atoms with Crippen LogP contribution in [-0.2, 0) is 0 Å². The molecule has 3 aromatic rings. The largest absolute Gasteiger partial charge is 0.493 e. The lowest BCUT2D eigenvalue weighted by atomic mass is 9.83. The molecule has 0 fully saturated rings. The van der Waals surface area contributed by atoms with Crippen LogP contribution in [0.3, 0.4) is 0 Å². The maximum atomic E-state index is 12.5. The summed E-state index contributed by atoms with van der Waals surface area (Å²) in [5.41, 5.74) is 7.40. The van der Waals surface area contributed by atoms with Crippen molar-refractivity contribution in [2.75, 3.05) is 14.2 Å². The molecular formula is C25H19N3O7. The molecule has 1 unspecified atom stereocenters. The van der Waals surface area contributed by atoms with Gasteiger partial charge in [-0.2, -0.15) is 5.26 Å². The molecule has 2 N–H and O–H groups in total. The molecule has 1 aliphatic rings. The van der Waals surface area contributed by atoms with E-state index in [9.17, 15) is 20.2 Å². The first-order valence-electron chi connectivity index (χ1n) is 10.3. The van der Waals surface area contributed by atoms with E-state index in [1.54, 1.807) is 30.3 Å². The van der Waals surface area contributed by atoms with Crippen molar-refractivity contribution in [1.82, 2.24) is 0 Å². The molecule has 10 heteroatoms. The van der Waals surface area contributed by atoms with Crippen LogP contribution < -0.4 is 24.7 Å². The lowest BCUT2D eigenvalue weighted by Gasteiger charge is -2.27. The van der Waals surface area contributed by atoms with E-state index in [1.807, 2.05) is 0 Å². The summed E-state index contributed by atoms with van der Waals surface area (Å²) in [5.74, 6) is 0.0260. The minimum atomic E-state index is -0.776. The highest BCUT2D eigenvalue weighted by molar-refractivity contribution is 5.91. The Morgan fingerprint density at radius 3 is 2.54 bits per heavy atom. The van der Waals surface area contributed by atoms with Crippen molar-refractivity contribution in [1.29, 1.82) is 5.26 Å². The van der Waals surface area contributed by atoms with Gasteiger partial charge in [-0.15, -0.1) is 0 Å². The monoisotopic (exact) mass is 473 g/mol. The number of carbonyl (C=O) groups excluding carboxylic acids is 1. The van der Waals surface area contributed by atoms with E-state index in [0.717, 1.165) is 6.07 Å². The fourth-order valence-electron chi connectivity index (χ4n) is 3.79. The summed E-state index contributed by atoms with van der Waals surface area (Å²) in [6, 6.07) is 17.3. The highest BCUT2D eigenvalue weighted by atomic mass is 16.6. The van der Waals surface area contributed by atoms with Gasteiger partial charge in [0.1, 0.15) is 23.1 Å². The Labute approximate surface area is 199 Å². The molecule has 1 atom stereocenters. The molecule has 0 amide bonds. The number of hydrogen-bond acceptors (Lipinski definition) is 9. The third-order valence-corrected chi connectivity index (χ3v) is 5.43. The summed E-state index contributed by atoms with van der Waals surface area (Å²) in [5, 5.41) is 20.7. The quantitative estimate of drug-likeness (QED) is 0.242. The molecule has 3 aromatic carbocycles. The molecule has 0 spiro atoms. The number of carbonyl (C=O) groups is 1. The van der Waals surface area contributed by atoms with Gasteiger partial charge in [-0.25, -0.2) is 4.79 Å². The number of rotatable bonds is 6. The molecule has 0 radical (unpaired) electrons. The highest BCUT2D eigenvalue weighted by Gasteiger charge is 2.32. The van der Waals surface area contributed by atoms with Crippen LogP contribution >= 0.6 is 0 Å². The van der Waals surface area contributed by atoms with Gasteiger partial charge in [-0.3, -0.25) is 10.1 Å². The Hall–Kier alpha value is -5.04. The molecule has 1 heterocycles. The van der Waals surface area contributed by atoms with Crippen LogP contribution in [0.5, 0.6) is 23.0 Å². The van der Waals surface area contributed by atoms with E-state index in [1.165, 1.54) is 38.5 Å².